The molecular weight excluding hydrogens is 474 g/mol. The number of aromatic amines is 1. The van der Waals surface area contributed by atoms with Gasteiger partial charge in [0.1, 0.15) is 0 Å². The minimum absolute atomic E-state index is 0.0230. The summed E-state index contributed by atoms with van der Waals surface area (Å²) in [7, 11) is 0. The number of H-pyrrole nitrogens is 1. The van der Waals surface area contributed by atoms with Crippen molar-refractivity contribution in [2.24, 2.45) is 0 Å². The van der Waals surface area contributed by atoms with Gasteiger partial charge in [0.15, 0.2) is 0 Å². The number of unbranched alkanes of at least 4 members (excludes halogenated alkanes) is 1. The second kappa shape index (κ2) is 10.6. The van der Waals surface area contributed by atoms with Crippen LogP contribution in [0.1, 0.15) is 60.7 Å². The van der Waals surface area contributed by atoms with E-state index in [2.05, 4.69) is 73.4 Å². The Bertz CT molecular complexity index is 1590. The van der Waals surface area contributed by atoms with Gasteiger partial charge in [-0.2, -0.15) is 5.21 Å². The molecule has 3 aromatic heterocycles. The number of benzene rings is 2. The standard InChI is InChI=1S/C30H33N7O/c1-6-7-10-24-18-36(28-20(3)15-19(2)16-21(28)4)30(38)37(24)22(5)23-13-14-27(31-17-23)25-11-8-9-12-26(25)29-32-34-35-33-29/h8-9,11-18,22H,6-7,10H2,1-5H3,(H,32,33,34,35). The van der Waals surface area contributed by atoms with Gasteiger partial charge in [-0.25, -0.2) is 4.79 Å². The lowest BCUT2D eigenvalue weighted by Crippen LogP contribution is -2.28. The topological polar surface area (TPSA) is 94.3 Å². The molecule has 194 valence electrons. The zero-order valence-electron chi connectivity index (χ0n) is 22.6. The van der Waals surface area contributed by atoms with E-state index in [0.29, 0.717) is 5.82 Å². The Balaban J connectivity index is 1.54. The van der Waals surface area contributed by atoms with Crippen LogP contribution in [0.5, 0.6) is 0 Å². The molecule has 38 heavy (non-hydrogen) atoms. The third-order valence-electron chi connectivity index (χ3n) is 7.11. The molecule has 0 aliphatic heterocycles. The van der Waals surface area contributed by atoms with Crippen molar-refractivity contribution in [2.75, 3.05) is 0 Å². The van der Waals surface area contributed by atoms with Crippen molar-refractivity contribution < 1.29 is 0 Å². The zero-order valence-corrected chi connectivity index (χ0v) is 22.6. The Hall–Kier alpha value is -4.33. The van der Waals surface area contributed by atoms with E-state index in [-0.39, 0.29) is 11.7 Å². The lowest BCUT2D eigenvalue weighted by atomic mass is 10.0. The summed E-state index contributed by atoms with van der Waals surface area (Å²) in [6.07, 6.45) is 6.82. The van der Waals surface area contributed by atoms with Crippen molar-refractivity contribution in [1.29, 1.82) is 0 Å². The van der Waals surface area contributed by atoms with Crippen LogP contribution in [0.2, 0.25) is 0 Å². The molecule has 0 amide bonds. The number of rotatable bonds is 8. The number of pyridine rings is 1. The molecule has 1 N–H and O–H groups in total. The number of aryl methyl sites for hydroxylation is 4. The maximum absolute atomic E-state index is 13.9. The first-order valence-electron chi connectivity index (χ1n) is 13.1. The van der Waals surface area contributed by atoms with Crippen LogP contribution in [-0.2, 0) is 6.42 Å². The maximum Gasteiger partial charge on any atom is 0.333 e. The van der Waals surface area contributed by atoms with Crippen LogP contribution < -0.4 is 5.69 Å². The molecule has 8 heteroatoms. The number of hydrogen-bond donors (Lipinski definition) is 1. The summed E-state index contributed by atoms with van der Waals surface area (Å²) >= 11 is 0. The molecule has 0 bridgehead atoms. The molecule has 0 aliphatic carbocycles. The van der Waals surface area contributed by atoms with E-state index in [1.54, 1.807) is 0 Å². The van der Waals surface area contributed by atoms with Gasteiger partial charge in [0, 0.05) is 29.2 Å². The summed E-state index contributed by atoms with van der Waals surface area (Å²) < 4.78 is 3.76. The zero-order chi connectivity index (χ0) is 26.8. The van der Waals surface area contributed by atoms with Gasteiger partial charge in [-0.3, -0.25) is 14.1 Å². The summed E-state index contributed by atoms with van der Waals surface area (Å²) in [6, 6.07) is 16.0. The number of tetrazole rings is 1. The molecule has 0 spiro atoms. The van der Waals surface area contributed by atoms with Crippen molar-refractivity contribution in [3.63, 3.8) is 0 Å². The van der Waals surface area contributed by atoms with E-state index in [1.807, 2.05) is 51.9 Å². The Morgan fingerprint density at radius 2 is 1.74 bits per heavy atom. The third-order valence-corrected chi connectivity index (χ3v) is 7.11. The molecule has 8 nitrogen and oxygen atoms in total. The van der Waals surface area contributed by atoms with Gasteiger partial charge in [-0.1, -0.05) is 61.4 Å². The number of nitrogens with one attached hydrogen (secondary N) is 1. The normalized spacial score (nSPS) is 12.1. The van der Waals surface area contributed by atoms with Gasteiger partial charge in [0.2, 0.25) is 5.82 Å². The van der Waals surface area contributed by atoms with Crippen LogP contribution in [0.15, 0.2) is 65.7 Å². The minimum Gasteiger partial charge on any atom is -0.289 e. The maximum atomic E-state index is 13.9. The Labute approximate surface area is 222 Å². The fourth-order valence-electron chi connectivity index (χ4n) is 5.31. The highest BCUT2D eigenvalue weighted by Crippen LogP contribution is 2.30. The Morgan fingerprint density at radius 3 is 2.37 bits per heavy atom. The Kier molecular flexibility index (Phi) is 7.05. The largest absolute Gasteiger partial charge is 0.333 e. The van der Waals surface area contributed by atoms with Crippen LogP contribution >= 0.6 is 0 Å². The smallest absolute Gasteiger partial charge is 0.289 e. The first-order valence-corrected chi connectivity index (χ1v) is 13.1. The van der Waals surface area contributed by atoms with Crippen LogP contribution in [0, 0.1) is 20.8 Å². The molecule has 3 heterocycles. The molecule has 0 saturated carbocycles. The lowest BCUT2D eigenvalue weighted by molar-refractivity contribution is 0.573. The minimum atomic E-state index is -0.171. The van der Waals surface area contributed by atoms with E-state index < -0.39 is 0 Å². The Morgan fingerprint density at radius 1 is 1.00 bits per heavy atom. The quantitative estimate of drug-likeness (QED) is 0.288. The molecule has 0 radical (unpaired) electrons. The summed E-state index contributed by atoms with van der Waals surface area (Å²) in [4.78, 5) is 18.7. The molecular formula is C30H33N7O. The highest BCUT2D eigenvalue weighted by Gasteiger charge is 2.21. The fourth-order valence-corrected chi connectivity index (χ4v) is 5.31. The van der Waals surface area contributed by atoms with Crippen LogP contribution in [-0.4, -0.2) is 34.7 Å². The van der Waals surface area contributed by atoms with Crippen molar-refractivity contribution in [1.82, 2.24) is 34.7 Å². The number of hydrogen-bond acceptors (Lipinski definition) is 5. The lowest BCUT2D eigenvalue weighted by Gasteiger charge is -2.17. The second-order valence-electron chi connectivity index (χ2n) is 9.93. The summed E-state index contributed by atoms with van der Waals surface area (Å²) in [6.45, 7) is 10.5. The van der Waals surface area contributed by atoms with Gasteiger partial charge < -0.3 is 0 Å². The average Bonchev–Trinajstić information content (AvgIpc) is 3.55. The van der Waals surface area contributed by atoms with Gasteiger partial charge in [-0.05, 0) is 68.5 Å². The molecule has 5 aromatic rings. The highest BCUT2D eigenvalue weighted by molar-refractivity contribution is 5.78. The molecule has 1 unspecified atom stereocenters. The van der Waals surface area contributed by atoms with E-state index in [4.69, 9.17) is 4.98 Å². The summed E-state index contributed by atoms with van der Waals surface area (Å²) in [5, 5.41) is 14.5. The van der Waals surface area contributed by atoms with Crippen molar-refractivity contribution in [3.05, 3.63) is 99.4 Å². The summed E-state index contributed by atoms with van der Waals surface area (Å²) in [5.74, 6) is 0.523. The molecule has 5 rings (SSSR count). The second-order valence-corrected chi connectivity index (χ2v) is 9.93. The van der Waals surface area contributed by atoms with E-state index in [0.717, 1.165) is 64.2 Å². The molecule has 2 aromatic carbocycles. The van der Waals surface area contributed by atoms with Gasteiger partial charge in [0.05, 0.1) is 17.4 Å². The molecule has 0 fully saturated rings. The molecule has 0 saturated heterocycles. The van der Waals surface area contributed by atoms with Crippen LogP contribution in [0.25, 0.3) is 28.3 Å². The van der Waals surface area contributed by atoms with Crippen LogP contribution in [0.3, 0.4) is 0 Å². The predicted octanol–water partition coefficient (Wildman–Crippen LogP) is 5.76. The predicted molar refractivity (Wildman–Crippen MR) is 150 cm³/mol. The molecule has 1 atom stereocenters. The van der Waals surface area contributed by atoms with Gasteiger partial charge in [0.25, 0.3) is 0 Å². The van der Waals surface area contributed by atoms with Crippen molar-refractivity contribution in [3.8, 4) is 28.3 Å². The van der Waals surface area contributed by atoms with E-state index in [1.165, 1.54) is 5.56 Å². The van der Waals surface area contributed by atoms with E-state index in [9.17, 15) is 4.79 Å². The van der Waals surface area contributed by atoms with Crippen molar-refractivity contribution >= 4 is 0 Å². The highest BCUT2D eigenvalue weighted by atomic mass is 16.1. The number of nitrogens with zero attached hydrogens (tertiary/aromatic N) is 6. The monoisotopic (exact) mass is 507 g/mol. The first kappa shape index (κ1) is 25.3. The SMILES string of the molecule is CCCCc1cn(-c2c(C)cc(C)cc2C)c(=O)n1C(C)c1ccc(-c2ccccc2-c2nn[nH]n2)nc1. The van der Waals surface area contributed by atoms with Crippen molar-refractivity contribution in [2.45, 2.75) is 59.9 Å². The van der Waals surface area contributed by atoms with E-state index >= 15 is 0 Å². The third kappa shape index (κ3) is 4.69. The summed E-state index contributed by atoms with van der Waals surface area (Å²) in [5.41, 5.74) is 8.94. The fraction of sp³-hybridized carbons (Fsp3) is 0.300. The molecule has 0 aliphatic rings. The van der Waals surface area contributed by atoms with Crippen LogP contribution in [0.4, 0.5) is 0 Å². The van der Waals surface area contributed by atoms with Gasteiger partial charge >= 0.3 is 5.69 Å². The number of aromatic nitrogens is 7. The van der Waals surface area contributed by atoms with Gasteiger partial charge in [-0.15, -0.1) is 10.2 Å². The first-order chi connectivity index (χ1) is 18.4. The number of imidazole rings is 1. The average molecular weight is 508 g/mol.